The Bertz CT molecular complexity index is 1540. The molecule has 2 aromatic carbocycles. The van der Waals surface area contributed by atoms with Gasteiger partial charge in [0, 0.05) is 29.3 Å². The minimum absolute atomic E-state index is 0.0887. The summed E-state index contributed by atoms with van der Waals surface area (Å²) in [6, 6.07) is 11.2. The Morgan fingerprint density at radius 3 is 2.30 bits per heavy atom. The summed E-state index contributed by atoms with van der Waals surface area (Å²) in [6.45, 7) is 5.60. The lowest BCUT2D eigenvalue weighted by Gasteiger charge is -2.45. The number of nitrogens with zero attached hydrogens (tertiary/aromatic N) is 1. The molecule has 0 bridgehead atoms. The fourth-order valence-corrected chi connectivity index (χ4v) is 6.30. The van der Waals surface area contributed by atoms with Crippen LogP contribution in [0.5, 0.6) is 11.5 Å². The van der Waals surface area contributed by atoms with E-state index < -0.39 is 29.8 Å². The van der Waals surface area contributed by atoms with E-state index in [4.69, 9.17) is 23.8 Å². The molecule has 3 unspecified atom stereocenters. The van der Waals surface area contributed by atoms with Crippen LogP contribution in [0.2, 0.25) is 0 Å². The maximum Gasteiger partial charge on any atom is 0.490 e. The number of fused-ring (bicyclic) bond motifs is 1. The van der Waals surface area contributed by atoms with Crippen LogP contribution in [0.1, 0.15) is 48.3 Å². The quantitative estimate of drug-likeness (QED) is 0.243. The fourth-order valence-electron chi connectivity index (χ4n) is 6.30. The first-order chi connectivity index (χ1) is 21.7. The third-order valence-corrected chi connectivity index (χ3v) is 8.66. The number of benzene rings is 2. The molecule has 250 valence electrons. The second-order valence-electron chi connectivity index (χ2n) is 11.4. The van der Waals surface area contributed by atoms with Gasteiger partial charge in [-0.3, -0.25) is 4.90 Å². The van der Waals surface area contributed by atoms with Crippen LogP contribution in [0.25, 0.3) is 0 Å². The largest absolute Gasteiger partial charge is 0.493 e. The van der Waals surface area contributed by atoms with Gasteiger partial charge in [-0.2, -0.15) is 13.2 Å². The number of anilines is 1. The Hall–Kier alpha value is -4.33. The number of alkyl halides is 3. The Kier molecular flexibility index (Phi) is 10.5. The maximum absolute atomic E-state index is 13.6. The van der Waals surface area contributed by atoms with Crippen molar-refractivity contribution >= 4 is 17.7 Å². The van der Waals surface area contributed by atoms with Gasteiger partial charge in [0.1, 0.15) is 11.5 Å². The van der Waals surface area contributed by atoms with Gasteiger partial charge in [-0.25, -0.2) is 18.4 Å². The predicted octanol–water partition coefficient (Wildman–Crippen LogP) is 6.71. The number of nitrogens with one attached hydrogen (secondary N) is 2. The van der Waals surface area contributed by atoms with Crippen molar-refractivity contribution in [2.24, 2.45) is 0 Å². The molecule has 46 heavy (non-hydrogen) atoms. The summed E-state index contributed by atoms with van der Waals surface area (Å²) in [5, 5.41) is 12.8. The topological polar surface area (TPSA) is 113 Å². The van der Waals surface area contributed by atoms with Crippen molar-refractivity contribution < 1.29 is 50.5 Å². The number of ether oxygens (including phenoxy) is 2. The number of carboxylic acid groups (broad SMARTS) is 1. The van der Waals surface area contributed by atoms with Crippen LogP contribution in [-0.2, 0) is 16.8 Å². The van der Waals surface area contributed by atoms with Crippen LogP contribution in [0.3, 0.4) is 0 Å². The first kappa shape index (κ1) is 34.5. The van der Waals surface area contributed by atoms with Crippen LogP contribution in [-0.4, -0.2) is 61.0 Å². The molecule has 1 aliphatic carbocycles. The molecule has 0 spiro atoms. The number of carbonyl (C=O) groups is 2. The predicted molar refractivity (Wildman–Crippen MR) is 158 cm³/mol. The molecule has 2 fully saturated rings. The number of methoxy groups -OCH3 is 2. The molecule has 1 saturated heterocycles. The second-order valence-corrected chi connectivity index (χ2v) is 11.4. The highest BCUT2D eigenvalue weighted by Gasteiger charge is 2.52. The summed E-state index contributed by atoms with van der Waals surface area (Å²) in [6.07, 6.45) is -1.73. The monoisotopic (exact) mass is 653 g/mol. The van der Waals surface area contributed by atoms with E-state index >= 15 is 0 Å². The summed E-state index contributed by atoms with van der Waals surface area (Å²) in [4.78, 5) is 24.1. The molecule has 3 aromatic rings. The van der Waals surface area contributed by atoms with E-state index in [-0.39, 0.29) is 23.2 Å². The zero-order valence-electron chi connectivity index (χ0n) is 25.8. The average Bonchev–Trinajstić information content (AvgIpc) is 3.52. The highest BCUT2D eigenvalue weighted by molar-refractivity contribution is 5.89. The Labute approximate surface area is 262 Å². The van der Waals surface area contributed by atoms with E-state index in [1.54, 1.807) is 14.2 Å². The molecule has 3 atom stereocenters. The van der Waals surface area contributed by atoms with Crippen LogP contribution in [0.4, 0.5) is 32.4 Å². The van der Waals surface area contributed by atoms with Crippen LogP contribution in [0, 0.1) is 25.5 Å². The molecular formula is C32H36F5N3O6. The molecule has 3 N–H and O–H groups in total. The first-order valence-corrected chi connectivity index (χ1v) is 14.5. The summed E-state index contributed by atoms with van der Waals surface area (Å²) in [5.41, 5.74) is 2.41. The number of halogens is 5. The molecule has 2 heterocycles. The Morgan fingerprint density at radius 2 is 1.72 bits per heavy atom. The number of hydrogen-bond acceptors (Lipinski definition) is 6. The summed E-state index contributed by atoms with van der Waals surface area (Å²) in [5.74, 6) is -1.47. The van der Waals surface area contributed by atoms with Crippen LogP contribution in [0.15, 0.2) is 46.9 Å². The number of aliphatic carboxylic acids is 1. The van der Waals surface area contributed by atoms with E-state index in [1.807, 2.05) is 19.9 Å². The van der Waals surface area contributed by atoms with Crippen molar-refractivity contribution in [2.45, 2.75) is 69.8 Å². The number of rotatable bonds is 7. The standard InChI is InChI=1S/C30H35F2N3O4.C2HF3O2/c1-18-13-23(39-19(18)2)17-35-12-11-30(20-5-8-26(37-3)27(14-20)38-4)10-9-22(16-28(30)35)34-29(36)33-21-6-7-24(31)25(32)15-21;3-2(4,5)1(6)7/h5-8,13-15,22,28H,9-12,16-17H2,1-4H3,(H2,33,34,36);(H,6,7). The Morgan fingerprint density at radius 1 is 1.02 bits per heavy atom. The molecule has 0 radical (unpaired) electrons. The van der Waals surface area contributed by atoms with Gasteiger partial charge in [0.25, 0.3) is 0 Å². The number of carboxylic acids is 1. The minimum atomic E-state index is -5.08. The SMILES string of the molecule is COc1ccc(C23CCC(NC(=O)Nc4ccc(F)c(F)c4)CC2N(Cc2cc(C)c(C)o2)CC3)cc1OC.O=C(O)C(F)(F)F. The van der Waals surface area contributed by atoms with Gasteiger partial charge < -0.3 is 29.6 Å². The summed E-state index contributed by atoms with van der Waals surface area (Å²) < 4.78 is 75.8. The van der Waals surface area contributed by atoms with Gasteiger partial charge in [0.05, 0.1) is 20.8 Å². The molecule has 14 heteroatoms. The first-order valence-electron chi connectivity index (χ1n) is 14.5. The van der Waals surface area contributed by atoms with E-state index in [9.17, 15) is 26.7 Å². The zero-order valence-corrected chi connectivity index (χ0v) is 25.8. The van der Waals surface area contributed by atoms with Crippen molar-refractivity contribution in [3.8, 4) is 11.5 Å². The summed E-state index contributed by atoms with van der Waals surface area (Å²) >= 11 is 0. The number of amides is 2. The van der Waals surface area contributed by atoms with Gasteiger partial charge in [-0.15, -0.1) is 0 Å². The lowest BCUT2D eigenvalue weighted by Crippen LogP contribution is -2.52. The molecule has 2 aliphatic rings. The number of carbonyl (C=O) groups excluding carboxylic acids is 1. The number of furan rings is 1. The van der Waals surface area contributed by atoms with Crippen molar-refractivity contribution in [3.63, 3.8) is 0 Å². The van der Waals surface area contributed by atoms with E-state index in [2.05, 4.69) is 33.7 Å². The smallest absolute Gasteiger partial charge is 0.490 e. The molecule has 2 amide bonds. The lowest BCUT2D eigenvalue weighted by molar-refractivity contribution is -0.192. The van der Waals surface area contributed by atoms with E-state index in [0.717, 1.165) is 61.4 Å². The second kappa shape index (κ2) is 14.0. The van der Waals surface area contributed by atoms with E-state index in [1.165, 1.54) is 11.6 Å². The number of likely N-dealkylation sites (tertiary alicyclic amines) is 1. The summed E-state index contributed by atoms with van der Waals surface area (Å²) in [7, 11) is 3.28. The maximum atomic E-state index is 13.6. The van der Waals surface area contributed by atoms with Crippen molar-refractivity contribution in [3.05, 3.63) is 76.7 Å². The average molecular weight is 654 g/mol. The zero-order chi connectivity index (χ0) is 33.8. The third kappa shape index (κ3) is 7.72. The van der Waals surface area contributed by atoms with Gasteiger partial charge >= 0.3 is 18.2 Å². The van der Waals surface area contributed by atoms with Gasteiger partial charge in [-0.1, -0.05) is 6.07 Å². The van der Waals surface area contributed by atoms with Crippen LogP contribution < -0.4 is 20.1 Å². The van der Waals surface area contributed by atoms with Crippen molar-refractivity contribution in [1.29, 1.82) is 0 Å². The van der Waals surface area contributed by atoms with Crippen molar-refractivity contribution in [1.82, 2.24) is 10.2 Å². The molecule has 1 aliphatic heterocycles. The fraction of sp³-hybridized carbons (Fsp3) is 0.438. The van der Waals surface area contributed by atoms with Gasteiger partial charge in [0.15, 0.2) is 23.1 Å². The molecule has 1 aromatic heterocycles. The highest BCUT2D eigenvalue weighted by atomic mass is 19.4. The molecular weight excluding hydrogens is 617 g/mol. The highest BCUT2D eigenvalue weighted by Crippen LogP contribution is 2.50. The minimum Gasteiger partial charge on any atom is -0.493 e. The van der Waals surface area contributed by atoms with Gasteiger partial charge in [0.2, 0.25) is 0 Å². The lowest BCUT2D eigenvalue weighted by atomic mass is 9.65. The van der Waals surface area contributed by atoms with Crippen molar-refractivity contribution in [2.75, 3.05) is 26.1 Å². The molecule has 5 rings (SSSR count). The number of urea groups is 1. The molecule has 9 nitrogen and oxygen atoms in total. The Balaban J connectivity index is 0.000000617. The van der Waals surface area contributed by atoms with Gasteiger partial charge in [-0.05, 0) is 87.5 Å². The van der Waals surface area contributed by atoms with Crippen LogP contribution >= 0.6 is 0 Å². The third-order valence-electron chi connectivity index (χ3n) is 8.66. The number of hydrogen-bond donors (Lipinski definition) is 3. The normalized spacial score (nSPS) is 21.1. The number of aryl methyl sites for hydroxylation is 2. The molecule has 1 saturated carbocycles. The van der Waals surface area contributed by atoms with E-state index in [0.29, 0.717) is 18.0 Å².